The number of carbonyl (C=O) groups is 2. The predicted octanol–water partition coefficient (Wildman–Crippen LogP) is 0.977. The number of amides is 2. The predicted molar refractivity (Wildman–Crippen MR) is 234 cm³/mol. The van der Waals surface area contributed by atoms with Crippen LogP contribution in [-0.2, 0) is 9.59 Å². The van der Waals surface area contributed by atoms with Crippen molar-refractivity contribution < 1.29 is 9.59 Å². The van der Waals surface area contributed by atoms with Gasteiger partial charge in [-0.25, -0.2) is 0 Å². The molecule has 2 atom stereocenters. The molecule has 14 N–H and O–H groups in total. The van der Waals surface area contributed by atoms with E-state index in [2.05, 4.69) is 79.9 Å². The standard InChI is InChI=1S/C41H88N12O2/c1-3-5-7-32-52(36-16-29-50-40(54)38(48-27-14-22-44)18-11-24-46-25-12-20-42)34-9-10-35-53(33-8-6-4-2)37-17-30-51-41(55)39(49-28-15-23-45)19-31-47-26-13-21-43/h5-8,38-39,46-49H,3-4,9-37,42-45H2,1-2H3,(H,50,54)(H,51,55). The first-order valence-electron chi connectivity index (χ1n) is 22.0. The highest BCUT2D eigenvalue weighted by atomic mass is 16.2. The Morgan fingerprint density at radius 1 is 0.473 bits per heavy atom. The quantitative estimate of drug-likeness (QED) is 0.0310. The lowest BCUT2D eigenvalue weighted by Crippen LogP contribution is -2.46. The average molecular weight is 781 g/mol. The second kappa shape index (κ2) is 41.6. The van der Waals surface area contributed by atoms with Gasteiger partial charge in [0.1, 0.15) is 0 Å². The molecule has 14 heteroatoms. The van der Waals surface area contributed by atoms with E-state index < -0.39 is 0 Å². The fourth-order valence-corrected chi connectivity index (χ4v) is 6.11. The lowest BCUT2D eigenvalue weighted by molar-refractivity contribution is -0.124. The van der Waals surface area contributed by atoms with Crippen molar-refractivity contribution in [3.63, 3.8) is 0 Å². The van der Waals surface area contributed by atoms with Crippen molar-refractivity contribution in [2.75, 3.05) is 118 Å². The first-order valence-corrected chi connectivity index (χ1v) is 22.0. The molecule has 0 saturated carbocycles. The van der Waals surface area contributed by atoms with Crippen molar-refractivity contribution in [2.24, 2.45) is 22.9 Å². The van der Waals surface area contributed by atoms with Gasteiger partial charge >= 0.3 is 0 Å². The van der Waals surface area contributed by atoms with Crippen LogP contribution >= 0.6 is 0 Å². The summed E-state index contributed by atoms with van der Waals surface area (Å²) in [5.74, 6) is 0.145. The zero-order valence-corrected chi connectivity index (χ0v) is 35.4. The number of hydrogen-bond donors (Lipinski definition) is 10. The van der Waals surface area contributed by atoms with Crippen LogP contribution in [0.3, 0.4) is 0 Å². The van der Waals surface area contributed by atoms with Crippen LogP contribution in [0, 0.1) is 0 Å². The minimum Gasteiger partial charge on any atom is -0.355 e. The first kappa shape index (κ1) is 53.0. The van der Waals surface area contributed by atoms with Crippen molar-refractivity contribution in [1.29, 1.82) is 0 Å². The van der Waals surface area contributed by atoms with Crippen LogP contribution < -0.4 is 54.8 Å². The maximum atomic E-state index is 13.1. The Bertz CT molecular complexity index is 911. The summed E-state index contributed by atoms with van der Waals surface area (Å²) in [6.07, 6.45) is 21.2. The van der Waals surface area contributed by atoms with Gasteiger partial charge < -0.3 is 54.8 Å². The van der Waals surface area contributed by atoms with Gasteiger partial charge in [-0.2, -0.15) is 0 Å². The number of nitrogens with one attached hydrogen (secondary N) is 6. The summed E-state index contributed by atoms with van der Waals surface area (Å²) in [7, 11) is 0. The van der Waals surface area contributed by atoms with Crippen LogP contribution in [-0.4, -0.2) is 152 Å². The molecule has 0 aromatic heterocycles. The number of nitrogens with two attached hydrogens (primary N) is 4. The third kappa shape index (κ3) is 33.8. The monoisotopic (exact) mass is 781 g/mol. The van der Waals surface area contributed by atoms with Crippen LogP contribution in [0.5, 0.6) is 0 Å². The van der Waals surface area contributed by atoms with Crippen LogP contribution in [0.2, 0.25) is 0 Å². The molecule has 2 amide bonds. The van der Waals surface area contributed by atoms with Gasteiger partial charge in [0, 0.05) is 39.3 Å². The smallest absolute Gasteiger partial charge is 0.237 e. The zero-order chi connectivity index (χ0) is 40.5. The summed E-state index contributed by atoms with van der Waals surface area (Å²) in [6, 6.07) is -0.422. The first-order chi connectivity index (χ1) is 27.0. The minimum atomic E-state index is -0.225. The van der Waals surface area contributed by atoms with Gasteiger partial charge in [0.15, 0.2) is 0 Å². The van der Waals surface area contributed by atoms with Crippen molar-refractivity contribution in [1.82, 2.24) is 41.7 Å². The van der Waals surface area contributed by atoms with E-state index in [1.165, 1.54) is 0 Å². The summed E-state index contributed by atoms with van der Waals surface area (Å²) in [6.45, 7) is 19.0. The van der Waals surface area contributed by atoms with E-state index in [9.17, 15) is 9.59 Å². The Kier molecular flexibility index (Phi) is 40.1. The normalized spacial score (nSPS) is 13.1. The van der Waals surface area contributed by atoms with E-state index in [1.54, 1.807) is 0 Å². The lowest BCUT2D eigenvalue weighted by atomic mass is 10.1. The number of nitrogens with zero attached hydrogens (tertiary/aromatic N) is 2. The molecule has 0 saturated heterocycles. The topological polar surface area (TPSA) is 217 Å². The minimum absolute atomic E-state index is 0.0631. The molecule has 0 fully saturated rings. The molecule has 14 nitrogen and oxygen atoms in total. The Morgan fingerprint density at radius 2 is 0.873 bits per heavy atom. The number of rotatable bonds is 42. The Balaban J connectivity index is 4.86. The van der Waals surface area contributed by atoms with Gasteiger partial charge in [-0.05, 0) is 162 Å². The maximum absolute atomic E-state index is 13.1. The number of carbonyl (C=O) groups excluding carboxylic acids is 2. The van der Waals surface area contributed by atoms with Crippen molar-refractivity contribution in [2.45, 2.75) is 109 Å². The SMILES string of the molecule is CCC=CCN(CCCCN(CC=CCC)CCCNC(=O)C(CCNCCCN)NCCCN)CCCNC(=O)C(CCCNCCCN)NCCCN. The van der Waals surface area contributed by atoms with Crippen LogP contribution in [0.1, 0.15) is 97.3 Å². The number of unbranched alkanes of at least 4 members (excludes halogenated alkanes) is 1. The second-order valence-corrected chi connectivity index (χ2v) is 14.4. The fraction of sp³-hybridized carbons (Fsp3) is 0.854. The summed E-state index contributed by atoms with van der Waals surface area (Å²) in [4.78, 5) is 31.1. The summed E-state index contributed by atoms with van der Waals surface area (Å²) >= 11 is 0. The van der Waals surface area contributed by atoms with E-state index in [0.29, 0.717) is 39.3 Å². The average Bonchev–Trinajstić information content (AvgIpc) is 3.18. The number of allylic oxidation sites excluding steroid dienone is 2. The Morgan fingerprint density at radius 3 is 1.33 bits per heavy atom. The second-order valence-electron chi connectivity index (χ2n) is 14.4. The molecule has 2 unspecified atom stereocenters. The van der Waals surface area contributed by atoms with Gasteiger partial charge in [-0.15, -0.1) is 0 Å². The molecule has 0 aromatic carbocycles. The molecule has 0 aliphatic carbocycles. The summed E-state index contributed by atoms with van der Waals surface area (Å²) in [5, 5.41) is 20.0. The van der Waals surface area contributed by atoms with Crippen molar-refractivity contribution >= 4 is 11.8 Å². The largest absolute Gasteiger partial charge is 0.355 e. The molecule has 0 aliphatic rings. The van der Waals surface area contributed by atoms with Gasteiger partial charge in [-0.3, -0.25) is 19.4 Å². The molecule has 324 valence electrons. The summed E-state index contributed by atoms with van der Waals surface area (Å²) in [5.41, 5.74) is 22.6. The highest BCUT2D eigenvalue weighted by Gasteiger charge is 2.18. The van der Waals surface area contributed by atoms with Crippen LogP contribution in [0.4, 0.5) is 0 Å². The van der Waals surface area contributed by atoms with Gasteiger partial charge in [-0.1, -0.05) is 38.2 Å². The highest BCUT2D eigenvalue weighted by Crippen LogP contribution is 2.04. The van der Waals surface area contributed by atoms with E-state index in [4.69, 9.17) is 22.9 Å². The zero-order valence-electron chi connectivity index (χ0n) is 35.4. The molecule has 0 aliphatic heterocycles. The molecule has 0 spiro atoms. The highest BCUT2D eigenvalue weighted by molar-refractivity contribution is 5.82. The summed E-state index contributed by atoms with van der Waals surface area (Å²) < 4.78 is 0. The third-order valence-corrected chi connectivity index (χ3v) is 9.38. The van der Waals surface area contributed by atoms with E-state index >= 15 is 0 Å². The van der Waals surface area contributed by atoms with Gasteiger partial charge in [0.2, 0.25) is 11.8 Å². The van der Waals surface area contributed by atoms with Gasteiger partial charge in [0.25, 0.3) is 0 Å². The Hall–Kier alpha value is -1.98. The molecular formula is C41H88N12O2. The third-order valence-electron chi connectivity index (χ3n) is 9.38. The van der Waals surface area contributed by atoms with Crippen LogP contribution in [0.25, 0.3) is 0 Å². The molecule has 55 heavy (non-hydrogen) atoms. The number of hydrogen-bond acceptors (Lipinski definition) is 12. The molecule has 0 rings (SSSR count). The molecule has 0 radical (unpaired) electrons. The molecule has 0 bridgehead atoms. The maximum Gasteiger partial charge on any atom is 0.237 e. The molecular weight excluding hydrogens is 693 g/mol. The van der Waals surface area contributed by atoms with Gasteiger partial charge in [0.05, 0.1) is 12.1 Å². The van der Waals surface area contributed by atoms with E-state index in [0.717, 1.165) is 162 Å². The van der Waals surface area contributed by atoms with E-state index in [-0.39, 0.29) is 23.9 Å². The molecule has 0 heterocycles. The Labute approximate surface area is 336 Å². The fourth-order valence-electron chi connectivity index (χ4n) is 6.11. The van der Waals surface area contributed by atoms with Crippen LogP contribution in [0.15, 0.2) is 24.3 Å². The molecule has 0 aromatic rings. The lowest BCUT2D eigenvalue weighted by Gasteiger charge is -2.24. The van der Waals surface area contributed by atoms with Crippen molar-refractivity contribution in [3.05, 3.63) is 24.3 Å². The van der Waals surface area contributed by atoms with Crippen molar-refractivity contribution in [3.8, 4) is 0 Å². The van der Waals surface area contributed by atoms with E-state index in [1.807, 2.05) is 0 Å².